The molecule has 4 heteroatoms. The average molecular weight is 218 g/mol. The Labute approximate surface area is 93.9 Å². The molecule has 0 saturated heterocycles. The fourth-order valence-electron chi connectivity index (χ4n) is 1.46. The number of hydrogen-bond acceptors (Lipinski definition) is 4. The van der Waals surface area contributed by atoms with Gasteiger partial charge >= 0.3 is 0 Å². The third kappa shape index (κ3) is 2.90. The molecule has 1 heterocycles. The molecule has 0 aliphatic rings. The summed E-state index contributed by atoms with van der Waals surface area (Å²) in [4.78, 5) is 0. The maximum Gasteiger partial charge on any atom is 0.220 e. The summed E-state index contributed by atoms with van der Waals surface area (Å²) in [6, 6.07) is 10.00. The van der Waals surface area contributed by atoms with Crippen molar-refractivity contribution in [1.29, 1.82) is 0 Å². The van der Waals surface area contributed by atoms with E-state index in [9.17, 15) is 0 Å². The highest BCUT2D eigenvalue weighted by molar-refractivity contribution is 5.17. The largest absolute Gasteiger partial charge is 0.425 e. The minimum absolute atomic E-state index is 0.149. The van der Waals surface area contributed by atoms with Crippen LogP contribution in [0, 0.1) is 0 Å². The van der Waals surface area contributed by atoms with E-state index in [4.69, 9.17) is 9.52 Å². The second-order valence-electron chi connectivity index (χ2n) is 3.58. The molecule has 0 aliphatic heterocycles. The summed E-state index contributed by atoms with van der Waals surface area (Å²) in [5.74, 6) is 1.22. The van der Waals surface area contributed by atoms with E-state index in [1.54, 1.807) is 0 Å². The lowest BCUT2D eigenvalue weighted by Crippen LogP contribution is -1.88. The van der Waals surface area contributed by atoms with E-state index in [1.807, 2.05) is 30.3 Å². The normalized spacial score (nSPS) is 10.6. The zero-order valence-corrected chi connectivity index (χ0v) is 8.97. The van der Waals surface area contributed by atoms with Crippen LogP contribution in [0.3, 0.4) is 0 Å². The van der Waals surface area contributed by atoms with Crippen molar-refractivity contribution in [3.63, 3.8) is 0 Å². The second kappa shape index (κ2) is 5.42. The Morgan fingerprint density at radius 1 is 1.06 bits per heavy atom. The topological polar surface area (TPSA) is 59.2 Å². The minimum Gasteiger partial charge on any atom is -0.425 e. The monoisotopic (exact) mass is 218 g/mol. The molecular formula is C12H14N2O2. The molecule has 0 fully saturated rings. The van der Waals surface area contributed by atoms with Crippen molar-refractivity contribution in [2.75, 3.05) is 6.61 Å². The molecule has 2 aromatic rings. The van der Waals surface area contributed by atoms with Gasteiger partial charge in [-0.1, -0.05) is 30.3 Å². The summed E-state index contributed by atoms with van der Waals surface area (Å²) in [6.07, 6.45) is 1.96. The molecule has 1 N–H and O–H groups in total. The van der Waals surface area contributed by atoms with Crippen LogP contribution in [0.2, 0.25) is 0 Å². The Morgan fingerprint density at radius 3 is 2.56 bits per heavy atom. The Bertz CT molecular complexity index is 426. The van der Waals surface area contributed by atoms with E-state index in [1.165, 1.54) is 0 Å². The summed E-state index contributed by atoms with van der Waals surface area (Å²) < 4.78 is 5.46. The highest BCUT2D eigenvalue weighted by atomic mass is 16.4. The number of hydrogen-bond donors (Lipinski definition) is 1. The number of aliphatic hydroxyl groups excluding tert-OH is 1. The smallest absolute Gasteiger partial charge is 0.220 e. The molecule has 0 saturated carbocycles. The number of benzene rings is 1. The number of rotatable bonds is 5. The van der Waals surface area contributed by atoms with E-state index < -0.39 is 0 Å². The number of aromatic nitrogens is 2. The fourth-order valence-corrected chi connectivity index (χ4v) is 1.46. The van der Waals surface area contributed by atoms with E-state index in [-0.39, 0.29) is 6.61 Å². The highest BCUT2D eigenvalue weighted by Gasteiger charge is 2.06. The van der Waals surface area contributed by atoms with Crippen LogP contribution < -0.4 is 0 Å². The van der Waals surface area contributed by atoms with Gasteiger partial charge in [0.15, 0.2) is 0 Å². The SMILES string of the molecule is OCCCc1nnc(Cc2ccccc2)o1. The predicted molar refractivity (Wildman–Crippen MR) is 59.0 cm³/mol. The van der Waals surface area contributed by atoms with Gasteiger partial charge in [-0.3, -0.25) is 0 Å². The van der Waals surface area contributed by atoms with Gasteiger partial charge in [-0.2, -0.15) is 0 Å². The zero-order chi connectivity index (χ0) is 11.2. The first kappa shape index (κ1) is 10.8. The van der Waals surface area contributed by atoms with Crippen LogP contribution in [-0.2, 0) is 12.8 Å². The van der Waals surface area contributed by atoms with Gasteiger partial charge in [-0.25, -0.2) is 0 Å². The third-order valence-corrected chi connectivity index (χ3v) is 2.26. The molecule has 0 unspecified atom stereocenters. The minimum atomic E-state index is 0.149. The van der Waals surface area contributed by atoms with Crippen molar-refractivity contribution in [2.45, 2.75) is 19.3 Å². The first-order valence-corrected chi connectivity index (χ1v) is 5.34. The van der Waals surface area contributed by atoms with Gasteiger partial charge in [-0.15, -0.1) is 10.2 Å². The summed E-state index contributed by atoms with van der Waals surface area (Å²) >= 11 is 0. The predicted octanol–water partition coefficient (Wildman–Crippen LogP) is 1.59. The maximum absolute atomic E-state index is 8.68. The van der Waals surface area contributed by atoms with Crippen molar-refractivity contribution in [1.82, 2.24) is 10.2 Å². The Morgan fingerprint density at radius 2 is 1.81 bits per heavy atom. The van der Waals surface area contributed by atoms with E-state index >= 15 is 0 Å². The number of aryl methyl sites for hydroxylation is 1. The first-order chi connectivity index (χ1) is 7.88. The van der Waals surface area contributed by atoms with Crippen molar-refractivity contribution in [3.05, 3.63) is 47.7 Å². The lowest BCUT2D eigenvalue weighted by molar-refractivity contribution is 0.282. The Kier molecular flexibility index (Phi) is 3.66. The Balaban J connectivity index is 1.97. The van der Waals surface area contributed by atoms with Gasteiger partial charge in [0.25, 0.3) is 0 Å². The van der Waals surface area contributed by atoms with Crippen LogP contribution in [0.4, 0.5) is 0 Å². The molecule has 1 aromatic heterocycles. The second-order valence-corrected chi connectivity index (χ2v) is 3.58. The lowest BCUT2D eigenvalue weighted by atomic mass is 10.2. The molecule has 1 aromatic carbocycles. The third-order valence-electron chi connectivity index (χ3n) is 2.26. The average Bonchev–Trinajstić information content (AvgIpc) is 2.75. The fraction of sp³-hybridized carbons (Fsp3) is 0.333. The lowest BCUT2D eigenvalue weighted by Gasteiger charge is -1.95. The molecule has 0 amide bonds. The van der Waals surface area contributed by atoms with Gasteiger partial charge in [0.05, 0.1) is 6.42 Å². The van der Waals surface area contributed by atoms with Crippen molar-refractivity contribution < 1.29 is 9.52 Å². The summed E-state index contributed by atoms with van der Waals surface area (Å²) in [6.45, 7) is 0.149. The molecule has 0 aliphatic carbocycles. The van der Waals surface area contributed by atoms with Gasteiger partial charge < -0.3 is 9.52 Å². The molecule has 4 nitrogen and oxygen atoms in total. The summed E-state index contributed by atoms with van der Waals surface area (Å²) in [7, 11) is 0. The number of aliphatic hydroxyl groups is 1. The molecule has 0 spiro atoms. The maximum atomic E-state index is 8.68. The standard InChI is InChI=1S/C12H14N2O2/c15-8-4-7-11-13-14-12(16-11)9-10-5-2-1-3-6-10/h1-3,5-6,15H,4,7-9H2. The quantitative estimate of drug-likeness (QED) is 0.827. The summed E-state index contributed by atoms with van der Waals surface area (Å²) in [5.41, 5.74) is 1.15. The van der Waals surface area contributed by atoms with Gasteiger partial charge in [0, 0.05) is 13.0 Å². The van der Waals surface area contributed by atoms with Gasteiger partial charge in [-0.05, 0) is 12.0 Å². The van der Waals surface area contributed by atoms with E-state index in [0.29, 0.717) is 31.0 Å². The summed E-state index contributed by atoms with van der Waals surface area (Å²) in [5, 5.41) is 16.6. The van der Waals surface area contributed by atoms with Crippen LogP contribution in [0.15, 0.2) is 34.7 Å². The van der Waals surface area contributed by atoms with Crippen molar-refractivity contribution >= 4 is 0 Å². The Hall–Kier alpha value is -1.68. The molecule has 0 bridgehead atoms. The first-order valence-electron chi connectivity index (χ1n) is 5.34. The van der Waals surface area contributed by atoms with Gasteiger partial charge in [0.1, 0.15) is 0 Å². The highest BCUT2D eigenvalue weighted by Crippen LogP contribution is 2.09. The van der Waals surface area contributed by atoms with E-state index in [2.05, 4.69) is 10.2 Å². The number of nitrogens with zero attached hydrogens (tertiary/aromatic N) is 2. The van der Waals surface area contributed by atoms with Crippen LogP contribution >= 0.6 is 0 Å². The molecule has 0 radical (unpaired) electrons. The van der Waals surface area contributed by atoms with Crippen molar-refractivity contribution in [3.8, 4) is 0 Å². The molecule has 0 atom stereocenters. The molecule has 84 valence electrons. The van der Waals surface area contributed by atoms with E-state index in [0.717, 1.165) is 5.56 Å². The van der Waals surface area contributed by atoms with Gasteiger partial charge in [0.2, 0.25) is 11.8 Å². The van der Waals surface area contributed by atoms with Crippen LogP contribution in [0.25, 0.3) is 0 Å². The van der Waals surface area contributed by atoms with Crippen LogP contribution in [0.1, 0.15) is 23.8 Å². The zero-order valence-electron chi connectivity index (χ0n) is 8.97. The molecular weight excluding hydrogens is 204 g/mol. The van der Waals surface area contributed by atoms with Crippen molar-refractivity contribution in [2.24, 2.45) is 0 Å². The van der Waals surface area contributed by atoms with Crippen LogP contribution in [-0.4, -0.2) is 21.9 Å². The molecule has 2 rings (SSSR count). The molecule has 16 heavy (non-hydrogen) atoms. The van der Waals surface area contributed by atoms with Crippen LogP contribution in [0.5, 0.6) is 0 Å².